The summed E-state index contributed by atoms with van der Waals surface area (Å²) >= 11 is 0. The summed E-state index contributed by atoms with van der Waals surface area (Å²) in [6, 6.07) is 7.15. The van der Waals surface area contributed by atoms with Crippen molar-refractivity contribution in [2.75, 3.05) is 5.73 Å². The number of nitrogens with two attached hydrogens (primary N) is 1. The van der Waals surface area contributed by atoms with Gasteiger partial charge in [0.05, 0.1) is 5.56 Å². The van der Waals surface area contributed by atoms with E-state index in [0.29, 0.717) is 11.3 Å². The summed E-state index contributed by atoms with van der Waals surface area (Å²) in [6.07, 6.45) is 0. The first kappa shape index (κ1) is 13.8. The summed E-state index contributed by atoms with van der Waals surface area (Å²) in [5, 5.41) is 8.82. The summed E-state index contributed by atoms with van der Waals surface area (Å²) in [7, 11) is 0. The molecule has 4 nitrogen and oxygen atoms in total. The van der Waals surface area contributed by atoms with Crippen LogP contribution in [-0.4, -0.2) is 11.1 Å². The van der Waals surface area contributed by atoms with Crippen molar-refractivity contribution < 1.29 is 23.4 Å². The van der Waals surface area contributed by atoms with E-state index < -0.39 is 17.6 Å². The van der Waals surface area contributed by atoms with E-state index >= 15 is 0 Å². The van der Waals surface area contributed by atoms with Crippen LogP contribution in [0, 0.1) is 11.6 Å². The number of hydrogen-bond donors (Lipinski definition) is 2. The highest BCUT2D eigenvalue weighted by Gasteiger charge is 2.09. The van der Waals surface area contributed by atoms with Crippen molar-refractivity contribution in [2.24, 2.45) is 0 Å². The Bertz CT molecular complexity index is 639. The maximum absolute atomic E-state index is 13.0. The number of benzene rings is 2. The van der Waals surface area contributed by atoms with Gasteiger partial charge >= 0.3 is 5.97 Å². The predicted octanol–water partition coefficient (Wildman–Crippen LogP) is 2.82. The lowest BCUT2D eigenvalue weighted by Gasteiger charge is -2.08. The van der Waals surface area contributed by atoms with Crippen molar-refractivity contribution in [3.63, 3.8) is 0 Å². The Morgan fingerprint density at radius 2 is 1.80 bits per heavy atom. The van der Waals surface area contributed by atoms with Gasteiger partial charge in [-0.05, 0) is 29.8 Å². The molecule has 20 heavy (non-hydrogen) atoms. The number of ether oxygens (including phenoxy) is 1. The summed E-state index contributed by atoms with van der Waals surface area (Å²) in [4.78, 5) is 10.8. The number of halogens is 2. The molecular formula is C14H11F2NO3. The number of nitrogen functional groups attached to an aromatic ring is 1. The summed E-state index contributed by atoms with van der Waals surface area (Å²) in [5.41, 5.74) is 5.90. The van der Waals surface area contributed by atoms with Crippen molar-refractivity contribution in [2.45, 2.75) is 6.61 Å². The summed E-state index contributed by atoms with van der Waals surface area (Å²) in [5.74, 6) is -2.20. The Morgan fingerprint density at radius 1 is 1.15 bits per heavy atom. The van der Waals surface area contributed by atoms with Gasteiger partial charge < -0.3 is 15.6 Å². The van der Waals surface area contributed by atoms with Crippen molar-refractivity contribution >= 4 is 11.7 Å². The van der Waals surface area contributed by atoms with Crippen LogP contribution in [0.4, 0.5) is 14.5 Å². The summed E-state index contributed by atoms with van der Waals surface area (Å²) < 4.78 is 31.3. The standard InChI is InChI=1S/C14H11F2NO3/c15-9-3-8(4-10(16)5-9)7-20-11-1-2-12(14(18)19)13(17)6-11/h1-6H,7,17H2,(H,18,19). The minimum Gasteiger partial charge on any atom is -0.489 e. The Labute approximate surface area is 113 Å². The molecule has 0 bridgehead atoms. The van der Waals surface area contributed by atoms with Crippen molar-refractivity contribution in [1.29, 1.82) is 0 Å². The van der Waals surface area contributed by atoms with E-state index in [-0.39, 0.29) is 17.9 Å². The molecule has 0 aromatic heterocycles. The maximum atomic E-state index is 13.0. The largest absolute Gasteiger partial charge is 0.489 e. The lowest BCUT2D eigenvalue weighted by Crippen LogP contribution is -2.03. The molecule has 104 valence electrons. The molecule has 0 spiro atoms. The third-order valence-corrected chi connectivity index (χ3v) is 2.58. The first-order valence-corrected chi connectivity index (χ1v) is 5.66. The van der Waals surface area contributed by atoms with E-state index in [1.165, 1.54) is 18.2 Å². The monoisotopic (exact) mass is 279 g/mol. The van der Waals surface area contributed by atoms with Crippen molar-refractivity contribution in [3.8, 4) is 5.75 Å². The van der Waals surface area contributed by atoms with Crippen LogP contribution in [0.3, 0.4) is 0 Å². The third-order valence-electron chi connectivity index (χ3n) is 2.58. The minimum absolute atomic E-state index is 0.0332. The van der Waals surface area contributed by atoms with Gasteiger partial charge in [-0.1, -0.05) is 0 Å². The molecule has 0 aliphatic heterocycles. The molecule has 0 atom stereocenters. The second-order valence-corrected chi connectivity index (χ2v) is 4.12. The molecule has 0 amide bonds. The smallest absolute Gasteiger partial charge is 0.337 e. The molecule has 2 aromatic rings. The molecule has 0 heterocycles. The maximum Gasteiger partial charge on any atom is 0.337 e. The van der Waals surface area contributed by atoms with Gasteiger partial charge in [0.2, 0.25) is 0 Å². The molecule has 0 aliphatic carbocycles. The highest BCUT2D eigenvalue weighted by Crippen LogP contribution is 2.21. The van der Waals surface area contributed by atoms with Crippen LogP contribution < -0.4 is 10.5 Å². The highest BCUT2D eigenvalue weighted by molar-refractivity contribution is 5.93. The first-order valence-electron chi connectivity index (χ1n) is 5.66. The van der Waals surface area contributed by atoms with Gasteiger partial charge in [-0.15, -0.1) is 0 Å². The van der Waals surface area contributed by atoms with E-state index in [1.807, 2.05) is 0 Å². The molecular weight excluding hydrogens is 268 g/mol. The Kier molecular flexibility index (Phi) is 3.84. The molecule has 2 aromatic carbocycles. The number of aromatic carboxylic acids is 1. The molecule has 2 rings (SSSR count). The normalized spacial score (nSPS) is 10.3. The number of hydrogen-bond acceptors (Lipinski definition) is 3. The third kappa shape index (κ3) is 3.23. The number of carboxylic acid groups (broad SMARTS) is 1. The van der Waals surface area contributed by atoms with Crippen LogP contribution >= 0.6 is 0 Å². The fraction of sp³-hybridized carbons (Fsp3) is 0.0714. The number of carbonyl (C=O) groups is 1. The van der Waals surface area contributed by atoms with E-state index in [9.17, 15) is 13.6 Å². The lowest BCUT2D eigenvalue weighted by atomic mass is 10.2. The SMILES string of the molecule is Nc1cc(OCc2cc(F)cc(F)c2)ccc1C(=O)O. The number of anilines is 1. The van der Waals surface area contributed by atoms with Crippen LogP contribution in [-0.2, 0) is 6.61 Å². The molecule has 0 radical (unpaired) electrons. The van der Waals surface area contributed by atoms with Crippen LogP contribution in [0.5, 0.6) is 5.75 Å². The van der Waals surface area contributed by atoms with Gasteiger partial charge in [0.15, 0.2) is 0 Å². The quantitative estimate of drug-likeness (QED) is 0.844. The summed E-state index contributed by atoms with van der Waals surface area (Å²) in [6.45, 7) is -0.0550. The molecule has 6 heteroatoms. The molecule has 0 saturated heterocycles. The van der Waals surface area contributed by atoms with Crippen molar-refractivity contribution in [1.82, 2.24) is 0 Å². The Hall–Kier alpha value is -2.63. The molecule has 0 unspecified atom stereocenters. The fourth-order valence-electron chi connectivity index (χ4n) is 1.69. The van der Waals surface area contributed by atoms with Gasteiger partial charge in [-0.25, -0.2) is 13.6 Å². The van der Waals surface area contributed by atoms with Gasteiger partial charge in [0, 0.05) is 17.8 Å². The number of rotatable bonds is 4. The van der Waals surface area contributed by atoms with E-state index in [1.54, 1.807) is 0 Å². The highest BCUT2D eigenvalue weighted by atomic mass is 19.1. The van der Waals surface area contributed by atoms with E-state index in [0.717, 1.165) is 18.2 Å². The van der Waals surface area contributed by atoms with Crippen LogP contribution in [0.25, 0.3) is 0 Å². The second-order valence-electron chi connectivity index (χ2n) is 4.12. The predicted molar refractivity (Wildman–Crippen MR) is 68.5 cm³/mol. The van der Waals surface area contributed by atoms with Crippen LogP contribution in [0.2, 0.25) is 0 Å². The van der Waals surface area contributed by atoms with Crippen LogP contribution in [0.15, 0.2) is 36.4 Å². The van der Waals surface area contributed by atoms with Gasteiger partial charge in [-0.3, -0.25) is 0 Å². The zero-order valence-corrected chi connectivity index (χ0v) is 10.3. The zero-order valence-electron chi connectivity index (χ0n) is 10.3. The van der Waals surface area contributed by atoms with Gasteiger partial charge in [-0.2, -0.15) is 0 Å². The Morgan fingerprint density at radius 3 is 2.35 bits per heavy atom. The van der Waals surface area contributed by atoms with E-state index in [4.69, 9.17) is 15.6 Å². The second kappa shape index (κ2) is 5.56. The lowest BCUT2D eigenvalue weighted by molar-refractivity contribution is 0.0698. The Balaban J connectivity index is 2.11. The minimum atomic E-state index is -1.14. The van der Waals surface area contributed by atoms with E-state index in [2.05, 4.69) is 0 Å². The number of carboxylic acids is 1. The molecule has 0 fully saturated rings. The fourth-order valence-corrected chi connectivity index (χ4v) is 1.69. The van der Waals surface area contributed by atoms with Crippen molar-refractivity contribution in [3.05, 3.63) is 59.2 Å². The zero-order chi connectivity index (χ0) is 14.7. The first-order chi connectivity index (χ1) is 9.45. The van der Waals surface area contributed by atoms with Gasteiger partial charge in [0.25, 0.3) is 0 Å². The average Bonchev–Trinajstić information content (AvgIpc) is 2.35. The molecule has 0 aliphatic rings. The molecule has 0 saturated carbocycles. The van der Waals surface area contributed by atoms with Crippen LogP contribution in [0.1, 0.15) is 15.9 Å². The molecule has 3 N–H and O–H groups in total. The van der Waals surface area contributed by atoms with Gasteiger partial charge in [0.1, 0.15) is 24.0 Å². The topological polar surface area (TPSA) is 72.5 Å². The average molecular weight is 279 g/mol.